The van der Waals surface area contributed by atoms with Gasteiger partial charge in [-0.2, -0.15) is 0 Å². The SMILES string of the molecule is COc1ccccc1-n1c(Cc2ccccc2)nnc1SCc1nc(C(=O)Nc2ccccc2F)cs1. The lowest BCUT2D eigenvalue weighted by Crippen LogP contribution is -2.13. The number of para-hydroxylation sites is 3. The third-order valence-electron chi connectivity index (χ3n) is 5.46. The summed E-state index contributed by atoms with van der Waals surface area (Å²) in [5, 5.41) is 14.6. The molecular formula is C27H22FN5O2S2. The number of nitrogens with one attached hydrogen (secondary N) is 1. The van der Waals surface area contributed by atoms with Gasteiger partial charge in [-0.1, -0.05) is 66.4 Å². The minimum absolute atomic E-state index is 0.118. The number of rotatable bonds is 9. The number of hydrogen-bond acceptors (Lipinski definition) is 7. The van der Waals surface area contributed by atoms with Gasteiger partial charge in [0.05, 0.1) is 24.2 Å². The molecule has 0 saturated heterocycles. The summed E-state index contributed by atoms with van der Waals surface area (Å²) in [6.07, 6.45) is 0.601. The zero-order chi connectivity index (χ0) is 25.6. The molecule has 3 aromatic carbocycles. The number of methoxy groups -OCH3 is 1. The molecule has 0 aliphatic carbocycles. The van der Waals surface area contributed by atoms with Crippen molar-refractivity contribution in [1.29, 1.82) is 0 Å². The number of halogens is 1. The lowest BCUT2D eigenvalue weighted by Gasteiger charge is -2.13. The van der Waals surface area contributed by atoms with Crippen LogP contribution in [0.4, 0.5) is 10.1 Å². The van der Waals surface area contributed by atoms with E-state index >= 15 is 0 Å². The van der Waals surface area contributed by atoms with Gasteiger partial charge >= 0.3 is 0 Å². The molecule has 0 bridgehead atoms. The number of anilines is 1. The maximum absolute atomic E-state index is 13.9. The Bertz CT molecular complexity index is 1520. The maximum atomic E-state index is 13.9. The Kier molecular flexibility index (Phi) is 7.57. The molecule has 5 rings (SSSR count). The van der Waals surface area contributed by atoms with Crippen LogP contribution in [0.3, 0.4) is 0 Å². The number of carbonyl (C=O) groups is 1. The molecule has 0 atom stereocenters. The Balaban J connectivity index is 1.37. The van der Waals surface area contributed by atoms with Gasteiger partial charge in [0.2, 0.25) is 0 Å². The number of thiazole rings is 1. The van der Waals surface area contributed by atoms with E-state index in [0.29, 0.717) is 23.1 Å². The molecule has 7 nitrogen and oxygen atoms in total. The van der Waals surface area contributed by atoms with Crippen LogP contribution in [0.15, 0.2) is 89.4 Å². The third kappa shape index (κ3) is 5.71. The van der Waals surface area contributed by atoms with E-state index in [4.69, 9.17) is 4.74 Å². The van der Waals surface area contributed by atoms with Gasteiger partial charge in [-0.15, -0.1) is 21.5 Å². The fourth-order valence-corrected chi connectivity index (χ4v) is 5.46. The number of aromatic nitrogens is 4. The van der Waals surface area contributed by atoms with Crippen molar-refractivity contribution in [2.75, 3.05) is 12.4 Å². The van der Waals surface area contributed by atoms with E-state index in [1.165, 1.54) is 35.2 Å². The van der Waals surface area contributed by atoms with Crippen molar-refractivity contribution in [3.05, 3.63) is 112 Å². The molecule has 1 N–H and O–H groups in total. The molecule has 10 heteroatoms. The van der Waals surface area contributed by atoms with Crippen molar-refractivity contribution in [1.82, 2.24) is 19.7 Å². The Morgan fingerprint density at radius 3 is 2.59 bits per heavy atom. The summed E-state index contributed by atoms with van der Waals surface area (Å²) in [6.45, 7) is 0. The minimum atomic E-state index is -0.496. The molecule has 0 spiro atoms. The van der Waals surface area contributed by atoms with E-state index in [9.17, 15) is 9.18 Å². The van der Waals surface area contributed by atoms with E-state index in [0.717, 1.165) is 22.1 Å². The van der Waals surface area contributed by atoms with Crippen LogP contribution in [0.5, 0.6) is 5.75 Å². The van der Waals surface area contributed by atoms with Crippen molar-refractivity contribution in [2.24, 2.45) is 0 Å². The van der Waals surface area contributed by atoms with Crippen molar-refractivity contribution < 1.29 is 13.9 Å². The van der Waals surface area contributed by atoms with Crippen LogP contribution in [-0.2, 0) is 12.2 Å². The minimum Gasteiger partial charge on any atom is -0.495 e. The highest BCUT2D eigenvalue weighted by Gasteiger charge is 2.19. The summed E-state index contributed by atoms with van der Waals surface area (Å²) in [5.74, 6) is 1.02. The van der Waals surface area contributed by atoms with Gasteiger partial charge in [-0.05, 0) is 29.8 Å². The summed E-state index contributed by atoms with van der Waals surface area (Å²) < 4.78 is 21.5. The predicted octanol–water partition coefficient (Wildman–Crippen LogP) is 6.01. The smallest absolute Gasteiger partial charge is 0.275 e. The highest BCUT2D eigenvalue weighted by Crippen LogP contribution is 2.31. The summed E-state index contributed by atoms with van der Waals surface area (Å²) in [5.41, 5.74) is 2.31. The van der Waals surface area contributed by atoms with Crippen LogP contribution in [0.25, 0.3) is 5.69 Å². The van der Waals surface area contributed by atoms with Crippen molar-refractivity contribution in [2.45, 2.75) is 17.3 Å². The van der Waals surface area contributed by atoms with Crippen LogP contribution >= 0.6 is 23.1 Å². The van der Waals surface area contributed by atoms with Gasteiger partial charge in [-0.25, -0.2) is 9.37 Å². The number of hydrogen-bond donors (Lipinski definition) is 1. The molecule has 0 radical (unpaired) electrons. The first-order chi connectivity index (χ1) is 18.1. The molecular weight excluding hydrogens is 509 g/mol. The average molecular weight is 532 g/mol. The van der Waals surface area contributed by atoms with Crippen molar-refractivity contribution in [3.63, 3.8) is 0 Å². The van der Waals surface area contributed by atoms with Gasteiger partial charge < -0.3 is 10.1 Å². The van der Waals surface area contributed by atoms with Crippen LogP contribution in [0.1, 0.15) is 26.9 Å². The molecule has 0 saturated carbocycles. The maximum Gasteiger partial charge on any atom is 0.275 e. The largest absolute Gasteiger partial charge is 0.495 e. The molecule has 186 valence electrons. The fourth-order valence-electron chi connectivity index (χ4n) is 3.70. The molecule has 37 heavy (non-hydrogen) atoms. The van der Waals surface area contributed by atoms with Crippen LogP contribution in [0, 0.1) is 5.82 Å². The number of thioether (sulfide) groups is 1. The molecule has 0 fully saturated rings. The first-order valence-corrected chi connectivity index (χ1v) is 13.2. The number of carbonyl (C=O) groups excluding carboxylic acids is 1. The Morgan fingerprint density at radius 1 is 1.03 bits per heavy atom. The van der Waals surface area contributed by atoms with Gasteiger partial charge in [-0.3, -0.25) is 9.36 Å². The first-order valence-electron chi connectivity index (χ1n) is 11.4. The summed E-state index contributed by atoms with van der Waals surface area (Å²) in [6, 6.07) is 23.8. The van der Waals surface area contributed by atoms with Crippen molar-refractivity contribution in [3.8, 4) is 11.4 Å². The summed E-state index contributed by atoms with van der Waals surface area (Å²) in [7, 11) is 1.64. The highest BCUT2D eigenvalue weighted by atomic mass is 32.2. The molecule has 0 aliphatic rings. The molecule has 0 unspecified atom stereocenters. The van der Waals surface area contributed by atoms with Crippen LogP contribution in [-0.4, -0.2) is 32.8 Å². The summed E-state index contributed by atoms with van der Waals surface area (Å²) >= 11 is 2.83. The Labute approximate surface area is 221 Å². The molecule has 1 amide bonds. The topological polar surface area (TPSA) is 81.9 Å². The van der Waals surface area contributed by atoms with E-state index in [1.54, 1.807) is 24.6 Å². The normalized spacial score (nSPS) is 10.9. The molecule has 2 aromatic heterocycles. The standard InChI is InChI=1S/C27H22FN5O2S2/c1-35-23-14-8-7-13-22(23)33-24(15-18-9-3-2-4-10-18)31-32-27(33)37-17-25-29-21(16-36-25)26(34)30-20-12-6-5-11-19(20)28/h2-14,16H,15,17H2,1H3,(H,30,34). The first kappa shape index (κ1) is 24.7. The second-order valence-corrected chi connectivity index (χ2v) is 9.80. The molecule has 2 heterocycles. The van der Waals surface area contributed by atoms with E-state index in [1.807, 2.05) is 47.0 Å². The van der Waals surface area contributed by atoms with E-state index in [-0.39, 0.29) is 11.4 Å². The van der Waals surface area contributed by atoms with Gasteiger partial charge in [0.1, 0.15) is 28.1 Å². The van der Waals surface area contributed by atoms with E-state index < -0.39 is 11.7 Å². The highest BCUT2D eigenvalue weighted by molar-refractivity contribution is 7.98. The molecule has 5 aromatic rings. The number of amides is 1. The molecule has 0 aliphatic heterocycles. The summed E-state index contributed by atoms with van der Waals surface area (Å²) in [4.78, 5) is 17.0. The monoisotopic (exact) mass is 531 g/mol. The third-order valence-corrected chi connectivity index (χ3v) is 7.43. The number of ether oxygens (including phenoxy) is 1. The average Bonchev–Trinajstić information content (AvgIpc) is 3.56. The fraction of sp³-hybridized carbons (Fsp3) is 0.111. The van der Waals surface area contributed by atoms with Crippen LogP contribution in [0.2, 0.25) is 0 Å². The number of benzene rings is 3. The van der Waals surface area contributed by atoms with E-state index in [2.05, 4.69) is 32.6 Å². The second kappa shape index (κ2) is 11.4. The Hall–Kier alpha value is -4.02. The van der Waals surface area contributed by atoms with Crippen molar-refractivity contribution >= 4 is 34.7 Å². The van der Waals surface area contributed by atoms with Gasteiger partial charge in [0.25, 0.3) is 5.91 Å². The van der Waals surface area contributed by atoms with Crippen LogP contribution < -0.4 is 10.1 Å². The second-order valence-electron chi connectivity index (χ2n) is 7.92. The number of nitrogens with zero attached hydrogens (tertiary/aromatic N) is 4. The zero-order valence-corrected chi connectivity index (χ0v) is 21.4. The lowest BCUT2D eigenvalue weighted by molar-refractivity contribution is 0.102. The quantitative estimate of drug-likeness (QED) is 0.235. The lowest BCUT2D eigenvalue weighted by atomic mass is 10.1. The van der Waals surface area contributed by atoms with Gasteiger partial charge in [0.15, 0.2) is 5.16 Å². The predicted molar refractivity (Wildman–Crippen MR) is 143 cm³/mol. The van der Waals surface area contributed by atoms with Gasteiger partial charge in [0, 0.05) is 11.8 Å². The Morgan fingerprint density at radius 2 is 1.78 bits per heavy atom. The zero-order valence-electron chi connectivity index (χ0n) is 19.8.